The molecule has 0 radical (unpaired) electrons. The first-order valence-corrected chi connectivity index (χ1v) is 7.91. The monoisotopic (exact) mass is 316 g/mol. The molecule has 3 rings (SSSR count). The number of halogens is 1. The first-order chi connectivity index (χ1) is 11.1. The molecule has 6 heteroatoms. The summed E-state index contributed by atoms with van der Waals surface area (Å²) in [5.41, 5.74) is 0.618. The van der Waals surface area contributed by atoms with Crippen LogP contribution >= 0.6 is 0 Å². The number of piperidine rings is 1. The number of carbonyl (C=O) groups excluding carboxylic acids is 1. The van der Waals surface area contributed by atoms with Crippen LogP contribution in [-0.2, 0) is 6.54 Å². The fraction of sp³-hybridized carbons (Fsp3) is 0.412. The highest BCUT2D eigenvalue weighted by atomic mass is 19.1. The standard InChI is InChI=1S/C17H21FN4O/c1-13-19-8-11-22(13)12-14-6-9-21(10-7-14)17(23)20-16-4-2-15(18)3-5-16/h2-5,8,11,14H,6-7,9-10,12H2,1H3,(H,20,23). The Hall–Kier alpha value is -2.37. The van der Waals surface area contributed by atoms with Crippen molar-refractivity contribution < 1.29 is 9.18 Å². The van der Waals surface area contributed by atoms with Crippen LogP contribution in [0.1, 0.15) is 18.7 Å². The minimum Gasteiger partial charge on any atom is -0.335 e. The fourth-order valence-corrected chi connectivity index (χ4v) is 2.93. The number of nitrogens with zero attached hydrogens (tertiary/aromatic N) is 3. The van der Waals surface area contributed by atoms with Crippen LogP contribution in [0.5, 0.6) is 0 Å². The zero-order chi connectivity index (χ0) is 16.2. The van der Waals surface area contributed by atoms with Crippen LogP contribution in [0, 0.1) is 18.7 Å². The summed E-state index contributed by atoms with van der Waals surface area (Å²) in [6, 6.07) is 5.71. The zero-order valence-electron chi connectivity index (χ0n) is 13.2. The third kappa shape index (κ3) is 3.88. The van der Waals surface area contributed by atoms with Gasteiger partial charge in [0.05, 0.1) is 0 Å². The topological polar surface area (TPSA) is 50.2 Å². The molecule has 0 bridgehead atoms. The van der Waals surface area contributed by atoms with Crippen LogP contribution in [0.4, 0.5) is 14.9 Å². The molecule has 1 aromatic heterocycles. The van der Waals surface area contributed by atoms with Gasteiger partial charge in [-0.1, -0.05) is 0 Å². The molecule has 0 unspecified atom stereocenters. The third-order valence-corrected chi connectivity index (χ3v) is 4.38. The van der Waals surface area contributed by atoms with E-state index >= 15 is 0 Å². The molecular formula is C17H21FN4O. The highest BCUT2D eigenvalue weighted by molar-refractivity contribution is 5.89. The van der Waals surface area contributed by atoms with Gasteiger partial charge in [-0.2, -0.15) is 0 Å². The number of amides is 2. The van der Waals surface area contributed by atoms with E-state index in [1.807, 2.05) is 24.2 Å². The lowest BCUT2D eigenvalue weighted by Gasteiger charge is -2.32. The molecular weight excluding hydrogens is 295 g/mol. The van der Waals surface area contributed by atoms with Gasteiger partial charge in [-0.15, -0.1) is 0 Å². The summed E-state index contributed by atoms with van der Waals surface area (Å²) in [5.74, 6) is 1.29. The summed E-state index contributed by atoms with van der Waals surface area (Å²) < 4.78 is 15.0. The van der Waals surface area contributed by atoms with E-state index in [4.69, 9.17) is 0 Å². The number of urea groups is 1. The molecule has 2 heterocycles. The summed E-state index contributed by atoms with van der Waals surface area (Å²) in [4.78, 5) is 18.3. The minimum atomic E-state index is -0.307. The van der Waals surface area contributed by atoms with E-state index in [1.54, 1.807) is 12.1 Å². The SMILES string of the molecule is Cc1nccn1CC1CCN(C(=O)Nc2ccc(F)cc2)CC1. The van der Waals surface area contributed by atoms with Gasteiger partial charge in [0.1, 0.15) is 11.6 Å². The molecule has 1 N–H and O–H groups in total. The van der Waals surface area contributed by atoms with Gasteiger partial charge < -0.3 is 14.8 Å². The Balaban J connectivity index is 1.49. The second kappa shape index (κ2) is 6.81. The van der Waals surface area contributed by atoms with Crippen molar-refractivity contribution in [3.8, 4) is 0 Å². The van der Waals surface area contributed by atoms with Crippen LogP contribution in [0.3, 0.4) is 0 Å². The smallest absolute Gasteiger partial charge is 0.321 e. The van der Waals surface area contributed by atoms with E-state index in [0.29, 0.717) is 11.6 Å². The molecule has 0 saturated carbocycles. The van der Waals surface area contributed by atoms with Gasteiger partial charge in [0, 0.05) is 37.7 Å². The number of benzene rings is 1. The van der Waals surface area contributed by atoms with Crippen molar-refractivity contribution in [1.82, 2.24) is 14.5 Å². The Morgan fingerprint density at radius 3 is 2.61 bits per heavy atom. The molecule has 1 aliphatic rings. The number of imidazole rings is 1. The van der Waals surface area contributed by atoms with Gasteiger partial charge in [0.2, 0.25) is 0 Å². The van der Waals surface area contributed by atoms with Gasteiger partial charge in [0.25, 0.3) is 0 Å². The Bertz CT molecular complexity index is 659. The molecule has 2 amide bonds. The van der Waals surface area contributed by atoms with E-state index in [2.05, 4.69) is 14.9 Å². The second-order valence-electron chi connectivity index (χ2n) is 5.99. The molecule has 1 saturated heterocycles. The largest absolute Gasteiger partial charge is 0.335 e. The van der Waals surface area contributed by atoms with Crippen LogP contribution < -0.4 is 5.32 Å². The normalized spacial score (nSPS) is 15.7. The number of hydrogen-bond donors (Lipinski definition) is 1. The Morgan fingerprint density at radius 2 is 2.00 bits per heavy atom. The Labute approximate surface area is 135 Å². The molecule has 1 aliphatic heterocycles. The summed E-state index contributed by atoms with van der Waals surface area (Å²) in [5, 5.41) is 2.81. The summed E-state index contributed by atoms with van der Waals surface area (Å²) in [7, 11) is 0. The maximum Gasteiger partial charge on any atom is 0.321 e. The average molecular weight is 316 g/mol. The molecule has 23 heavy (non-hydrogen) atoms. The number of rotatable bonds is 3. The molecule has 0 atom stereocenters. The van der Waals surface area contributed by atoms with Gasteiger partial charge in [-0.25, -0.2) is 14.2 Å². The average Bonchev–Trinajstić information content (AvgIpc) is 2.95. The third-order valence-electron chi connectivity index (χ3n) is 4.38. The summed E-state index contributed by atoms with van der Waals surface area (Å²) >= 11 is 0. The number of anilines is 1. The van der Waals surface area contributed by atoms with Crippen molar-refractivity contribution in [1.29, 1.82) is 0 Å². The minimum absolute atomic E-state index is 0.117. The van der Waals surface area contributed by atoms with Crippen molar-refractivity contribution in [2.24, 2.45) is 5.92 Å². The van der Waals surface area contributed by atoms with Crippen LogP contribution in [-0.4, -0.2) is 33.6 Å². The number of carbonyl (C=O) groups is 1. The van der Waals surface area contributed by atoms with Crippen LogP contribution in [0.2, 0.25) is 0 Å². The van der Waals surface area contributed by atoms with Gasteiger partial charge in [0.15, 0.2) is 0 Å². The molecule has 1 aromatic carbocycles. The maximum atomic E-state index is 12.9. The van der Waals surface area contributed by atoms with Crippen LogP contribution in [0.15, 0.2) is 36.7 Å². The second-order valence-corrected chi connectivity index (χ2v) is 5.99. The van der Waals surface area contributed by atoms with Gasteiger partial charge >= 0.3 is 6.03 Å². The van der Waals surface area contributed by atoms with Crippen molar-refractivity contribution in [2.45, 2.75) is 26.3 Å². The molecule has 0 aliphatic carbocycles. The molecule has 5 nitrogen and oxygen atoms in total. The number of nitrogens with one attached hydrogen (secondary N) is 1. The van der Waals surface area contributed by atoms with E-state index in [1.165, 1.54) is 12.1 Å². The number of aryl methyl sites for hydroxylation is 1. The van der Waals surface area contributed by atoms with Crippen molar-refractivity contribution in [2.75, 3.05) is 18.4 Å². The van der Waals surface area contributed by atoms with Crippen molar-refractivity contribution in [3.63, 3.8) is 0 Å². The lowest BCUT2D eigenvalue weighted by atomic mass is 9.97. The molecule has 0 spiro atoms. The number of hydrogen-bond acceptors (Lipinski definition) is 2. The summed E-state index contributed by atoms with van der Waals surface area (Å²) in [6.45, 7) is 4.45. The predicted octanol–water partition coefficient (Wildman–Crippen LogP) is 3.27. The summed E-state index contributed by atoms with van der Waals surface area (Å²) in [6.07, 6.45) is 5.78. The van der Waals surface area contributed by atoms with E-state index < -0.39 is 0 Å². The number of likely N-dealkylation sites (tertiary alicyclic amines) is 1. The Morgan fingerprint density at radius 1 is 1.30 bits per heavy atom. The van der Waals surface area contributed by atoms with E-state index in [-0.39, 0.29) is 11.8 Å². The lowest BCUT2D eigenvalue weighted by molar-refractivity contribution is 0.176. The highest BCUT2D eigenvalue weighted by Crippen LogP contribution is 2.20. The maximum absolute atomic E-state index is 12.9. The Kier molecular flexibility index (Phi) is 4.60. The molecule has 1 fully saturated rings. The van der Waals surface area contributed by atoms with Crippen LogP contribution in [0.25, 0.3) is 0 Å². The first-order valence-electron chi connectivity index (χ1n) is 7.91. The first kappa shape index (κ1) is 15.5. The number of aromatic nitrogens is 2. The quantitative estimate of drug-likeness (QED) is 0.945. The highest BCUT2D eigenvalue weighted by Gasteiger charge is 2.23. The van der Waals surface area contributed by atoms with Crippen molar-refractivity contribution >= 4 is 11.7 Å². The van der Waals surface area contributed by atoms with E-state index in [9.17, 15) is 9.18 Å². The van der Waals surface area contributed by atoms with Crippen molar-refractivity contribution in [3.05, 3.63) is 48.3 Å². The molecule has 122 valence electrons. The fourth-order valence-electron chi connectivity index (χ4n) is 2.93. The van der Waals surface area contributed by atoms with E-state index in [0.717, 1.165) is 38.3 Å². The van der Waals surface area contributed by atoms with Gasteiger partial charge in [-0.3, -0.25) is 0 Å². The van der Waals surface area contributed by atoms with Gasteiger partial charge in [-0.05, 0) is 49.9 Å². The zero-order valence-corrected chi connectivity index (χ0v) is 13.2. The molecule has 2 aromatic rings. The lowest BCUT2D eigenvalue weighted by Crippen LogP contribution is -2.41. The predicted molar refractivity (Wildman–Crippen MR) is 86.7 cm³/mol.